The molecule has 0 aliphatic rings. The molecule has 72 valence electrons. The van der Waals surface area contributed by atoms with Gasteiger partial charge in [-0.2, -0.15) is 0 Å². The average molecular weight is 252 g/mol. The molecule has 0 N–H and O–H groups in total. The summed E-state index contributed by atoms with van der Waals surface area (Å²) < 4.78 is 6.39. The summed E-state index contributed by atoms with van der Waals surface area (Å²) in [6.45, 7) is 4.13. The van der Waals surface area contributed by atoms with Crippen LogP contribution in [0.25, 0.3) is 11.3 Å². The molecule has 0 fully saturated rings. The number of rotatable bonds is 1. The molecule has 0 spiro atoms. The number of hydrogen-bond donors (Lipinski definition) is 0. The first-order valence-electron chi connectivity index (χ1n) is 4.34. The normalized spacial score (nSPS) is 10.5. The van der Waals surface area contributed by atoms with E-state index in [1.54, 1.807) is 6.20 Å². The summed E-state index contributed by atoms with van der Waals surface area (Å²) in [6, 6.07) is 4.15. The van der Waals surface area contributed by atoms with Crippen LogP contribution in [0.1, 0.15) is 11.1 Å². The Morgan fingerprint density at radius 1 is 1.21 bits per heavy atom. The van der Waals surface area contributed by atoms with Crippen molar-refractivity contribution in [1.29, 1.82) is 0 Å². The average Bonchev–Trinajstić information content (AvgIpc) is 2.54. The van der Waals surface area contributed by atoms with Gasteiger partial charge in [0.05, 0.1) is 6.20 Å². The van der Waals surface area contributed by atoms with Gasteiger partial charge >= 0.3 is 0 Å². The monoisotopic (exact) mass is 251 g/mol. The Labute approximate surface area is 91.1 Å². The van der Waals surface area contributed by atoms with Gasteiger partial charge in [0.25, 0.3) is 0 Å². The summed E-state index contributed by atoms with van der Waals surface area (Å²) in [4.78, 5) is 3.92. The van der Waals surface area contributed by atoms with Crippen molar-refractivity contribution in [2.24, 2.45) is 0 Å². The SMILES string of the molecule is Cc1cc(Br)cc(C)c1-c1cnco1. The van der Waals surface area contributed by atoms with Gasteiger partial charge in [0.1, 0.15) is 0 Å². The summed E-state index contributed by atoms with van der Waals surface area (Å²) in [6.07, 6.45) is 3.19. The molecule has 0 saturated carbocycles. The Kier molecular flexibility index (Phi) is 2.42. The van der Waals surface area contributed by atoms with Gasteiger partial charge in [0.15, 0.2) is 12.2 Å². The van der Waals surface area contributed by atoms with Crippen molar-refractivity contribution < 1.29 is 4.42 Å². The summed E-state index contributed by atoms with van der Waals surface area (Å²) in [5.41, 5.74) is 3.51. The molecular formula is C11H10BrNO. The van der Waals surface area contributed by atoms with E-state index in [0.29, 0.717) is 0 Å². The largest absolute Gasteiger partial charge is 0.444 e. The van der Waals surface area contributed by atoms with E-state index in [-0.39, 0.29) is 0 Å². The molecule has 0 bridgehead atoms. The number of halogens is 1. The second kappa shape index (κ2) is 3.58. The van der Waals surface area contributed by atoms with Crippen molar-refractivity contribution in [3.63, 3.8) is 0 Å². The predicted octanol–water partition coefficient (Wildman–Crippen LogP) is 3.72. The number of aryl methyl sites for hydroxylation is 2. The van der Waals surface area contributed by atoms with Gasteiger partial charge in [0.2, 0.25) is 0 Å². The van der Waals surface area contributed by atoms with Crippen LogP contribution in [0.5, 0.6) is 0 Å². The smallest absolute Gasteiger partial charge is 0.181 e. The standard InChI is InChI=1S/C11H10BrNO/c1-7-3-9(12)4-8(2)11(7)10-5-13-6-14-10/h3-6H,1-2H3. The molecule has 2 nitrogen and oxygen atoms in total. The molecule has 0 aliphatic heterocycles. The lowest BCUT2D eigenvalue weighted by molar-refractivity contribution is 0.571. The van der Waals surface area contributed by atoms with Gasteiger partial charge in [-0.05, 0) is 37.1 Å². The highest BCUT2D eigenvalue weighted by Crippen LogP contribution is 2.29. The highest BCUT2D eigenvalue weighted by Gasteiger charge is 2.09. The molecule has 0 saturated heterocycles. The number of aromatic nitrogens is 1. The third-order valence-electron chi connectivity index (χ3n) is 2.18. The van der Waals surface area contributed by atoms with E-state index < -0.39 is 0 Å². The first-order valence-corrected chi connectivity index (χ1v) is 5.13. The maximum Gasteiger partial charge on any atom is 0.181 e. The van der Waals surface area contributed by atoms with Crippen LogP contribution < -0.4 is 0 Å². The fraction of sp³-hybridized carbons (Fsp3) is 0.182. The Morgan fingerprint density at radius 3 is 2.36 bits per heavy atom. The van der Waals surface area contributed by atoms with Crippen LogP contribution in [0.15, 0.2) is 33.6 Å². The highest BCUT2D eigenvalue weighted by molar-refractivity contribution is 9.10. The van der Waals surface area contributed by atoms with Crippen LogP contribution >= 0.6 is 15.9 Å². The Hall–Kier alpha value is -1.09. The summed E-state index contributed by atoms with van der Waals surface area (Å²) in [7, 11) is 0. The van der Waals surface area contributed by atoms with Crippen molar-refractivity contribution in [1.82, 2.24) is 4.98 Å². The fourth-order valence-electron chi connectivity index (χ4n) is 1.64. The number of benzene rings is 1. The molecule has 3 heteroatoms. The number of hydrogen-bond acceptors (Lipinski definition) is 2. The zero-order valence-corrected chi connectivity index (χ0v) is 9.63. The van der Waals surface area contributed by atoms with Gasteiger partial charge < -0.3 is 4.42 Å². The molecule has 0 amide bonds. The molecule has 0 unspecified atom stereocenters. The zero-order chi connectivity index (χ0) is 10.1. The van der Waals surface area contributed by atoms with Crippen molar-refractivity contribution in [3.8, 4) is 11.3 Å². The van der Waals surface area contributed by atoms with Gasteiger partial charge in [-0.1, -0.05) is 15.9 Å². The van der Waals surface area contributed by atoms with Crippen molar-refractivity contribution in [3.05, 3.63) is 40.3 Å². The molecule has 14 heavy (non-hydrogen) atoms. The first kappa shape index (κ1) is 9.46. The third-order valence-corrected chi connectivity index (χ3v) is 2.63. The molecule has 1 aromatic heterocycles. The quantitative estimate of drug-likeness (QED) is 0.773. The summed E-state index contributed by atoms with van der Waals surface area (Å²) >= 11 is 3.46. The number of nitrogens with zero attached hydrogens (tertiary/aromatic N) is 1. The minimum Gasteiger partial charge on any atom is -0.444 e. The van der Waals surface area contributed by atoms with Crippen LogP contribution in [0.2, 0.25) is 0 Å². The zero-order valence-electron chi connectivity index (χ0n) is 8.04. The second-order valence-corrected chi connectivity index (χ2v) is 4.20. The molecule has 0 aliphatic carbocycles. The number of oxazole rings is 1. The van der Waals surface area contributed by atoms with E-state index in [9.17, 15) is 0 Å². The molecule has 0 atom stereocenters. The second-order valence-electron chi connectivity index (χ2n) is 3.28. The predicted molar refractivity (Wildman–Crippen MR) is 59.1 cm³/mol. The van der Waals surface area contributed by atoms with Crippen LogP contribution in [0.4, 0.5) is 0 Å². The Bertz CT molecular complexity index is 425. The molecule has 1 heterocycles. The van der Waals surface area contributed by atoms with E-state index in [2.05, 4.69) is 46.9 Å². The van der Waals surface area contributed by atoms with Gasteiger partial charge in [-0.25, -0.2) is 4.98 Å². The molecule has 2 aromatic rings. The lowest BCUT2D eigenvalue weighted by atomic mass is 10.0. The first-order chi connectivity index (χ1) is 6.68. The summed E-state index contributed by atoms with van der Waals surface area (Å²) in [5, 5.41) is 0. The van der Waals surface area contributed by atoms with Crippen molar-refractivity contribution >= 4 is 15.9 Å². The Morgan fingerprint density at radius 2 is 1.86 bits per heavy atom. The fourth-order valence-corrected chi connectivity index (χ4v) is 2.33. The van der Waals surface area contributed by atoms with E-state index in [1.165, 1.54) is 17.5 Å². The topological polar surface area (TPSA) is 26.0 Å². The molecule has 1 aromatic carbocycles. The highest BCUT2D eigenvalue weighted by atomic mass is 79.9. The van der Waals surface area contributed by atoms with E-state index in [4.69, 9.17) is 4.42 Å². The molecule has 0 radical (unpaired) electrons. The van der Waals surface area contributed by atoms with Crippen LogP contribution in [0.3, 0.4) is 0 Å². The van der Waals surface area contributed by atoms with Gasteiger partial charge in [-0.3, -0.25) is 0 Å². The van der Waals surface area contributed by atoms with Crippen LogP contribution in [-0.2, 0) is 0 Å². The maximum absolute atomic E-state index is 5.29. The minimum absolute atomic E-state index is 0.826. The minimum atomic E-state index is 0.826. The van der Waals surface area contributed by atoms with E-state index in [1.807, 2.05) is 0 Å². The van der Waals surface area contributed by atoms with E-state index >= 15 is 0 Å². The lowest BCUT2D eigenvalue weighted by Gasteiger charge is -2.07. The molecule has 2 rings (SSSR count). The Balaban J connectivity index is 2.64. The van der Waals surface area contributed by atoms with Crippen molar-refractivity contribution in [2.75, 3.05) is 0 Å². The maximum atomic E-state index is 5.29. The lowest BCUT2D eigenvalue weighted by Crippen LogP contribution is -1.86. The van der Waals surface area contributed by atoms with E-state index in [0.717, 1.165) is 15.8 Å². The van der Waals surface area contributed by atoms with Crippen molar-refractivity contribution in [2.45, 2.75) is 13.8 Å². The van der Waals surface area contributed by atoms with Gasteiger partial charge in [0, 0.05) is 10.0 Å². The molecular weight excluding hydrogens is 242 g/mol. The van der Waals surface area contributed by atoms with Gasteiger partial charge in [-0.15, -0.1) is 0 Å². The summed E-state index contributed by atoms with van der Waals surface area (Å²) in [5.74, 6) is 0.826. The van der Waals surface area contributed by atoms with Crippen LogP contribution in [0, 0.1) is 13.8 Å². The third kappa shape index (κ3) is 1.60. The van der Waals surface area contributed by atoms with Crippen LogP contribution in [-0.4, -0.2) is 4.98 Å².